The van der Waals surface area contributed by atoms with Crippen molar-refractivity contribution in [2.75, 3.05) is 12.4 Å². The van der Waals surface area contributed by atoms with E-state index in [9.17, 15) is 19.3 Å². The van der Waals surface area contributed by atoms with E-state index in [0.717, 1.165) is 12.1 Å². The Bertz CT molecular complexity index is 767. The molecule has 6 nitrogen and oxygen atoms in total. The molecule has 23 heavy (non-hydrogen) atoms. The highest BCUT2D eigenvalue weighted by Gasteiger charge is 2.16. The maximum Gasteiger partial charge on any atom is 0.306 e. The van der Waals surface area contributed by atoms with Crippen molar-refractivity contribution in [2.45, 2.75) is 6.42 Å². The molecule has 1 N–H and O–H groups in total. The molecule has 1 amide bonds. The summed E-state index contributed by atoms with van der Waals surface area (Å²) in [5.74, 6) is -0.911. The normalized spacial score (nSPS) is 10.2. The smallest absolute Gasteiger partial charge is 0.306 e. The van der Waals surface area contributed by atoms with Crippen LogP contribution in [0.1, 0.15) is 5.56 Å². The number of nitro groups is 1. The van der Waals surface area contributed by atoms with Gasteiger partial charge in [-0.25, -0.2) is 0 Å². The van der Waals surface area contributed by atoms with Crippen LogP contribution in [0.4, 0.5) is 15.8 Å². The van der Waals surface area contributed by atoms with Crippen molar-refractivity contribution in [1.82, 2.24) is 0 Å². The van der Waals surface area contributed by atoms with Gasteiger partial charge >= 0.3 is 5.69 Å². The van der Waals surface area contributed by atoms with Crippen molar-refractivity contribution in [1.29, 1.82) is 0 Å². The summed E-state index contributed by atoms with van der Waals surface area (Å²) in [4.78, 5) is 21.9. The molecule has 0 heterocycles. The summed E-state index contributed by atoms with van der Waals surface area (Å²) >= 11 is 5.89. The Kier molecular flexibility index (Phi) is 5.13. The van der Waals surface area contributed by atoms with Crippen LogP contribution in [0, 0.1) is 15.9 Å². The van der Waals surface area contributed by atoms with Gasteiger partial charge in [0, 0.05) is 22.3 Å². The minimum atomic E-state index is -0.968. The van der Waals surface area contributed by atoms with E-state index in [4.69, 9.17) is 16.3 Å². The summed E-state index contributed by atoms with van der Waals surface area (Å²) in [5.41, 5.74) is -0.0126. The second-order valence-corrected chi connectivity index (χ2v) is 5.04. The molecule has 2 aromatic rings. The number of halogens is 2. The lowest BCUT2D eigenvalue weighted by Crippen LogP contribution is -2.15. The number of rotatable bonds is 5. The van der Waals surface area contributed by atoms with Gasteiger partial charge in [0.25, 0.3) is 0 Å². The Morgan fingerprint density at radius 1 is 1.35 bits per heavy atom. The minimum absolute atomic E-state index is 0.0467. The van der Waals surface area contributed by atoms with Gasteiger partial charge < -0.3 is 10.1 Å². The van der Waals surface area contributed by atoms with Gasteiger partial charge in [0.05, 0.1) is 18.5 Å². The molecule has 0 fully saturated rings. The third-order valence-electron chi connectivity index (χ3n) is 3.02. The highest BCUT2D eigenvalue weighted by molar-refractivity contribution is 6.30. The van der Waals surface area contributed by atoms with Gasteiger partial charge in [-0.3, -0.25) is 14.9 Å². The van der Waals surface area contributed by atoms with E-state index < -0.39 is 22.3 Å². The molecule has 0 spiro atoms. The fourth-order valence-corrected chi connectivity index (χ4v) is 2.19. The number of hydrogen-bond donors (Lipinski definition) is 1. The molecular formula is C15H12ClFN2O4. The van der Waals surface area contributed by atoms with E-state index in [1.165, 1.54) is 13.2 Å². The van der Waals surface area contributed by atoms with E-state index in [1.54, 1.807) is 18.2 Å². The van der Waals surface area contributed by atoms with E-state index in [1.807, 2.05) is 0 Å². The maximum absolute atomic E-state index is 13.3. The molecule has 8 heteroatoms. The maximum atomic E-state index is 13.3. The van der Waals surface area contributed by atoms with Crippen LogP contribution in [-0.2, 0) is 11.2 Å². The Morgan fingerprint density at radius 2 is 2.09 bits per heavy atom. The summed E-state index contributed by atoms with van der Waals surface area (Å²) in [7, 11) is 1.47. The standard InChI is InChI=1S/C15H12ClFN2O4/c1-23-14-5-2-10(16)6-9(14)7-15(20)18-11-3-4-12(17)13(8-11)19(21)22/h2-6,8H,7H2,1H3,(H,18,20). The van der Waals surface area contributed by atoms with Crippen molar-refractivity contribution in [3.05, 3.63) is 62.9 Å². The number of hydrogen-bond acceptors (Lipinski definition) is 4. The third kappa shape index (κ3) is 4.17. The van der Waals surface area contributed by atoms with Crippen molar-refractivity contribution < 1.29 is 18.8 Å². The molecule has 0 unspecified atom stereocenters. The number of benzene rings is 2. The number of carbonyl (C=O) groups is 1. The van der Waals surface area contributed by atoms with Gasteiger partial charge in [-0.15, -0.1) is 0 Å². The Hall–Kier alpha value is -2.67. The van der Waals surface area contributed by atoms with Gasteiger partial charge in [0.15, 0.2) is 0 Å². The van der Waals surface area contributed by atoms with Gasteiger partial charge in [0.1, 0.15) is 5.75 Å². The quantitative estimate of drug-likeness (QED) is 0.667. The summed E-state index contributed by atoms with van der Waals surface area (Å²) in [6, 6.07) is 7.98. The molecule has 120 valence electrons. The summed E-state index contributed by atoms with van der Waals surface area (Å²) in [6.45, 7) is 0. The van der Waals surface area contributed by atoms with Crippen molar-refractivity contribution in [3.63, 3.8) is 0 Å². The van der Waals surface area contributed by atoms with Crippen molar-refractivity contribution in [2.24, 2.45) is 0 Å². The second-order valence-electron chi connectivity index (χ2n) is 4.60. The number of nitro benzene ring substituents is 1. The first-order valence-corrected chi connectivity index (χ1v) is 6.84. The first kappa shape index (κ1) is 16.7. The first-order valence-electron chi connectivity index (χ1n) is 6.47. The fourth-order valence-electron chi connectivity index (χ4n) is 1.99. The van der Waals surface area contributed by atoms with Crippen LogP contribution < -0.4 is 10.1 Å². The molecule has 0 atom stereocenters. The van der Waals surface area contributed by atoms with Crippen molar-refractivity contribution >= 4 is 28.9 Å². The number of nitrogens with one attached hydrogen (secondary N) is 1. The zero-order chi connectivity index (χ0) is 17.0. The molecule has 0 aliphatic carbocycles. The van der Waals surface area contributed by atoms with Crippen LogP contribution in [0.25, 0.3) is 0 Å². The van der Waals surface area contributed by atoms with Gasteiger partial charge in [-0.05, 0) is 30.3 Å². The molecule has 0 bridgehead atoms. The highest BCUT2D eigenvalue weighted by atomic mass is 35.5. The lowest BCUT2D eigenvalue weighted by atomic mass is 10.1. The van der Waals surface area contributed by atoms with E-state index in [0.29, 0.717) is 16.3 Å². The average Bonchev–Trinajstić information content (AvgIpc) is 2.49. The largest absolute Gasteiger partial charge is 0.496 e. The molecule has 2 rings (SSSR count). The second kappa shape index (κ2) is 7.06. The number of ether oxygens (including phenoxy) is 1. The zero-order valence-corrected chi connectivity index (χ0v) is 12.8. The molecular weight excluding hydrogens is 327 g/mol. The Labute approximate surface area is 136 Å². The minimum Gasteiger partial charge on any atom is -0.496 e. The van der Waals surface area contributed by atoms with Crippen LogP contribution in [0.15, 0.2) is 36.4 Å². The SMILES string of the molecule is COc1ccc(Cl)cc1CC(=O)Nc1ccc(F)c([N+](=O)[O-])c1. The van der Waals surface area contributed by atoms with E-state index >= 15 is 0 Å². The monoisotopic (exact) mass is 338 g/mol. The predicted octanol–water partition coefficient (Wildman–Crippen LogP) is 3.58. The highest BCUT2D eigenvalue weighted by Crippen LogP contribution is 2.24. The van der Waals surface area contributed by atoms with Gasteiger partial charge in [-0.1, -0.05) is 11.6 Å². The van der Waals surface area contributed by atoms with Crippen molar-refractivity contribution in [3.8, 4) is 5.75 Å². The lowest BCUT2D eigenvalue weighted by molar-refractivity contribution is -0.387. The van der Waals surface area contributed by atoms with Crippen LogP contribution in [0.3, 0.4) is 0 Å². The summed E-state index contributed by atoms with van der Waals surface area (Å²) < 4.78 is 18.4. The van der Waals surface area contributed by atoms with E-state index in [-0.39, 0.29) is 12.1 Å². The van der Waals surface area contributed by atoms with Crippen LogP contribution in [0.5, 0.6) is 5.75 Å². The lowest BCUT2D eigenvalue weighted by Gasteiger charge is -2.09. The number of amides is 1. The van der Waals surface area contributed by atoms with E-state index in [2.05, 4.69) is 5.32 Å². The van der Waals surface area contributed by atoms with Crippen LogP contribution in [-0.4, -0.2) is 17.9 Å². The van der Waals surface area contributed by atoms with Gasteiger partial charge in [0.2, 0.25) is 11.7 Å². The molecule has 0 radical (unpaired) electrons. The molecule has 0 aromatic heterocycles. The predicted molar refractivity (Wildman–Crippen MR) is 83.4 cm³/mol. The molecule has 0 aliphatic rings. The Balaban J connectivity index is 2.16. The number of nitrogens with zero attached hydrogens (tertiary/aromatic N) is 1. The average molecular weight is 339 g/mol. The first-order chi connectivity index (χ1) is 10.9. The molecule has 0 aliphatic heterocycles. The zero-order valence-electron chi connectivity index (χ0n) is 12.0. The Morgan fingerprint density at radius 3 is 2.74 bits per heavy atom. The van der Waals surface area contributed by atoms with Crippen LogP contribution >= 0.6 is 11.6 Å². The summed E-state index contributed by atoms with van der Waals surface area (Å²) in [6.07, 6.45) is -0.0467. The van der Waals surface area contributed by atoms with Crippen LogP contribution in [0.2, 0.25) is 5.02 Å². The molecule has 0 saturated carbocycles. The number of anilines is 1. The number of carbonyl (C=O) groups excluding carboxylic acids is 1. The van der Waals surface area contributed by atoms with Gasteiger partial charge in [-0.2, -0.15) is 4.39 Å². The molecule has 0 saturated heterocycles. The summed E-state index contributed by atoms with van der Waals surface area (Å²) in [5, 5.41) is 13.6. The third-order valence-corrected chi connectivity index (χ3v) is 3.26. The topological polar surface area (TPSA) is 81.5 Å². The fraction of sp³-hybridized carbons (Fsp3) is 0.133. The number of methoxy groups -OCH3 is 1. The molecule has 2 aromatic carbocycles.